The largest absolute Gasteiger partial charge is 0.310 e. The zero-order valence-electron chi connectivity index (χ0n) is 15.1. The number of hydrogen-bond donors (Lipinski definition) is 1. The first-order valence-corrected chi connectivity index (χ1v) is 9.44. The van der Waals surface area contributed by atoms with E-state index >= 15 is 0 Å². The number of amides is 1. The zero-order valence-corrected chi connectivity index (χ0v) is 16.0. The van der Waals surface area contributed by atoms with E-state index in [0.717, 1.165) is 28.2 Å². The summed E-state index contributed by atoms with van der Waals surface area (Å²) in [4.78, 5) is 16.8. The number of anilines is 1. The second-order valence-corrected chi connectivity index (χ2v) is 7.49. The van der Waals surface area contributed by atoms with Crippen molar-refractivity contribution in [1.82, 2.24) is 24.5 Å². The lowest BCUT2D eigenvalue weighted by Gasteiger charge is -2.16. The highest BCUT2D eigenvalue weighted by atomic mass is 32.2. The van der Waals surface area contributed by atoms with Crippen LogP contribution < -0.4 is 5.32 Å². The standard InChI is InChI=1S/C18H20N6OS/c1-10-15(12(3)23(4)21-10)17-16-11(2)22-24(13-7-5-6-8-19-13)18(16)20-14(25)9-26-17/h5-8,17H,9H2,1-4H3,(H,20,25)/t17-/m0/s1. The summed E-state index contributed by atoms with van der Waals surface area (Å²) in [5, 5.41) is 12.3. The monoisotopic (exact) mass is 368 g/mol. The van der Waals surface area contributed by atoms with Crippen molar-refractivity contribution in [2.75, 3.05) is 11.1 Å². The molecule has 0 radical (unpaired) electrons. The highest BCUT2D eigenvalue weighted by molar-refractivity contribution is 8.00. The molecule has 3 aromatic rings. The van der Waals surface area contributed by atoms with Crippen LogP contribution in [0.25, 0.3) is 5.82 Å². The fourth-order valence-electron chi connectivity index (χ4n) is 3.43. The lowest BCUT2D eigenvalue weighted by atomic mass is 10.0. The third-order valence-electron chi connectivity index (χ3n) is 4.70. The Balaban J connectivity index is 1.94. The lowest BCUT2D eigenvalue weighted by molar-refractivity contribution is -0.113. The molecule has 1 aliphatic heterocycles. The molecule has 1 aliphatic rings. The smallest absolute Gasteiger partial charge is 0.235 e. The second-order valence-electron chi connectivity index (χ2n) is 6.39. The molecule has 1 N–H and O–H groups in total. The van der Waals surface area contributed by atoms with Crippen LogP contribution in [-0.2, 0) is 11.8 Å². The number of aromatic nitrogens is 5. The van der Waals surface area contributed by atoms with E-state index in [4.69, 9.17) is 0 Å². The molecule has 0 fully saturated rings. The van der Waals surface area contributed by atoms with Gasteiger partial charge in [0.1, 0.15) is 5.82 Å². The average molecular weight is 368 g/mol. The summed E-state index contributed by atoms with van der Waals surface area (Å²) >= 11 is 1.61. The predicted octanol–water partition coefficient (Wildman–Crippen LogP) is 2.70. The van der Waals surface area contributed by atoms with Gasteiger partial charge in [-0.05, 0) is 32.9 Å². The highest BCUT2D eigenvalue weighted by Crippen LogP contribution is 2.45. The van der Waals surface area contributed by atoms with Gasteiger partial charge >= 0.3 is 0 Å². The second kappa shape index (κ2) is 6.28. The molecule has 0 saturated heterocycles. The van der Waals surface area contributed by atoms with Crippen LogP contribution >= 0.6 is 11.8 Å². The summed E-state index contributed by atoms with van der Waals surface area (Å²) in [5.74, 6) is 1.73. The van der Waals surface area contributed by atoms with Crippen LogP contribution in [-0.4, -0.2) is 36.2 Å². The molecular formula is C18H20N6OS. The summed E-state index contributed by atoms with van der Waals surface area (Å²) in [7, 11) is 1.95. The first-order chi connectivity index (χ1) is 12.5. The van der Waals surface area contributed by atoms with Crippen molar-refractivity contribution in [3.05, 3.63) is 52.6 Å². The molecule has 0 aliphatic carbocycles. The molecule has 3 aromatic heterocycles. The molecule has 8 heteroatoms. The molecule has 1 atom stereocenters. The fraction of sp³-hybridized carbons (Fsp3) is 0.333. The van der Waals surface area contributed by atoms with Gasteiger partial charge in [-0.1, -0.05) is 6.07 Å². The minimum Gasteiger partial charge on any atom is -0.310 e. The Labute approximate surface area is 155 Å². The van der Waals surface area contributed by atoms with Crippen molar-refractivity contribution in [1.29, 1.82) is 0 Å². The van der Waals surface area contributed by atoms with Crippen LogP contribution in [0.15, 0.2) is 24.4 Å². The van der Waals surface area contributed by atoms with Crippen molar-refractivity contribution in [2.24, 2.45) is 7.05 Å². The molecular weight excluding hydrogens is 348 g/mol. The van der Waals surface area contributed by atoms with Gasteiger partial charge in [-0.2, -0.15) is 14.9 Å². The van der Waals surface area contributed by atoms with Crippen molar-refractivity contribution >= 4 is 23.5 Å². The predicted molar refractivity (Wildman–Crippen MR) is 102 cm³/mol. The normalized spacial score (nSPS) is 16.9. The molecule has 0 aromatic carbocycles. The maximum absolute atomic E-state index is 12.4. The topological polar surface area (TPSA) is 77.6 Å². The lowest BCUT2D eigenvalue weighted by Crippen LogP contribution is -2.16. The molecule has 4 rings (SSSR count). The number of rotatable bonds is 2. The van der Waals surface area contributed by atoms with Crippen LogP contribution in [0.3, 0.4) is 0 Å². The molecule has 4 heterocycles. The number of aryl methyl sites for hydroxylation is 3. The van der Waals surface area contributed by atoms with Gasteiger partial charge in [-0.3, -0.25) is 9.48 Å². The molecule has 0 bridgehead atoms. The summed E-state index contributed by atoms with van der Waals surface area (Å²) in [6.45, 7) is 6.06. The zero-order chi connectivity index (χ0) is 18.4. The first-order valence-electron chi connectivity index (χ1n) is 8.40. The van der Waals surface area contributed by atoms with E-state index in [1.807, 2.05) is 43.8 Å². The van der Waals surface area contributed by atoms with Crippen LogP contribution in [0, 0.1) is 20.8 Å². The van der Waals surface area contributed by atoms with Crippen LogP contribution in [0.5, 0.6) is 0 Å². The van der Waals surface area contributed by atoms with E-state index in [0.29, 0.717) is 17.4 Å². The Morgan fingerprint density at radius 2 is 1.92 bits per heavy atom. The van der Waals surface area contributed by atoms with Crippen LogP contribution in [0.4, 0.5) is 5.82 Å². The highest BCUT2D eigenvalue weighted by Gasteiger charge is 2.33. The average Bonchev–Trinajstić information content (AvgIpc) is 2.99. The summed E-state index contributed by atoms with van der Waals surface area (Å²) < 4.78 is 3.62. The van der Waals surface area contributed by atoms with Gasteiger partial charge in [0.25, 0.3) is 0 Å². The Bertz CT molecular complexity index is 991. The maximum Gasteiger partial charge on any atom is 0.235 e. The summed E-state index contributed by atoms with van der Waals surface area (Å²) in [6, 6.07) is 5.65. The maximum atomic E-state index is 12.4. The number of thioether (sulfide) groups is 1. The van der Waals surface area contributed by atoms with E-state index in [2.05, 4.69) is 27.4 Å². The van der Waals surface area contributed by atoms with E-state index in [1.165, 1.54) is 0 Å². The van der Waals surface area contributed by atoms with Crippen molar-refractivity contribution in [3.63, 3.8) is 0 Å². The van der Waals surface area contributed by atoms with Gasteiger partial charge in [-0.15, -0.1) is 11.8 Å². The number of carbonyl (C=O) groups excluding carboxylic acids is 1. The van der Waals surface area contributed by atoms with Gasteiger partial charge in [-0.25, -0.2) is 4.98 Å². The van der Waals surface area contributed by atoms with Gasteiger partial charge in [0.15, 0.2) is 5.82 Å². The van der Waals surface area contributed by atoms with Gasteiger partial charge in [0.2, 0.25) is 5.91 Å². The van der Waals surface area contributed by atoms with Crippen molar-refractivity contribution < 1.29 is 4.79 Å². The van der Waals surface area contributed by atoms with Crippen LogP contribution in [0.2, 0.25) is 0 Å². The molecule has 134 valence electrons. The number of nitrogens with zero attached hydrogens (tertiary/aromatic N) is 5. The van der Waals surface area contributed by atoms with E-state index in [-0.39, 0.29) is 11.2 Å². The van der Waals surface area contributed by atoms with E-state index in [9.17, 15) is 4.79 Å². The molecule has 0 saturated carbocycles. The third kappa shape index (κ3) is 2.61. The fourth-order valence-corrected chi connectivity index (χ4v) is 4.77. The quantitative estimate of drug-likeness (QED) is 0.752. The molecule has 7 nitrogen and oxygen atoms in total. The Morgan fingerprint density at radius 1 is 1.15 bits per heavy atom. The van der Waals surface area contributed by atoms with Crippen LogP contribution in [0.1, 0.15) is 33.5 Å². The Morgan fingerprint density at radius 3 is 2.58 bits per heavy atom. The van der Waals surface area contributed by atoms with E-state index < -0.39 is 0 Å². The Kier molecular flexibility index (Phi) is 4.07. The summed E-state index contributed by atoms with van der Waals surface area (Å²) in [5.41, 5.74) is 5.13. The number of pyridine rings is 1. The van der Waals surface area contributed by atoms with E-state index in [1.54, 1.807) is 22.6 Å². The molecule has 26 heavy (non-hydrogen) atoms. The van der Waals surface area contributed by atoms with Crippen molar-refractivity contribution in [2.45, 2.75) is 26.0 Å². The molecule has 0 unspecified atom stereocenters. The number of carbonyl (C=O) groups is 1. The minimum absolute atomic E-state index is 0.00453. The Hall–Kier alpha value is -2.61. The van der Waals surface area contributed by atoms with Gasteiger partial charge in [0.05, 0.1) is 22.4 Å². The summed E-state index contributed by atoms with van der Waals surface area (Å²) in [6.07, 6.45) is 1.72. The molecule has 1 amide bonds. The minimum atomic E-state index is -0.0324. The van der Waals surface area contributed by atoms with Crippen molar-refractivity contribution in [3.8, 4) is 5.82 Å². The number of hydrogen-bond acceptors (Lipinski definition) is 5. The SMILES string of the molecule is Cc1nn(C)c(C)c1[C@@H]1SCC(=O)Nc2c1c(C)nn2-c1ccccn1. The van der Waals surface area contributed by atoms with Gasteiger partial charge in [0, 0.05) is 30.1 Å². The van der Waals surface area contributed by atoms with Gasteiger partial charge < -0.3 is 5.32 Å². The molecule has 0 spiro atoms. The number of fused-ring (bicyclic) bond motifs is 1. The third-order valence-corrected chi connectivity index (χ3v) is 5.93. The first kappa shape index (κ1) is 16.8. The number of nitrogens with one attached hydrogen (secondary N) is 1.